The van der Waals surface area contributed by atoms with E-state index in [1.165, 1.54) is 12.1 Å². The Morgan fingerprint density at radius 2 is 1.61 bits per heavy atom. The molecule has 1 aliphatic rings. The van der Waals surface area contributed by atoms with E-state index in [9.17, 15) is 14.0 Å². The molecule has 1 aromatic heterocycles. The molecule has 5 rings (SSSR count). The Hall–Kier alpha value is -3.61. The van der Waals surface area contributed by atoms with Gasteiger partial charge in [0.25, 0.3) is 0 Å². The second-order valence-corrected chi connectivity index (χ2v) is 11.5. The lowest BCUT2D eigenvalue weighted by Crippen LogP contribution is -2.42. The van der Waals surface area contributed by atoms with Crippen LogP contribution in [0.5, 0.6) is 0 Å². The first-order valence-corrected chi connectivity index (χ1v) is 14.0. The lowest BCUT2D eigenvalue weighted by molar-refractivity contribution is 0.0203. The molecule has 41 heavy (non-hydrogen) atoms. The van der Waals surface area contributed by atoms with Crippen molar-refractivity contribution in [1.82, 2.24) is 4.90 Å². The van der Waals surface area contributed by atoms with E-state index in [4.69, 9.17) is 9.15 Å². The molecule has 0 amide bonds. The van der Waals surface area contributed by atoms with E-state index >= 15 is 0 Å². The van der Waals surface area contributed by atoms with E-state index in [0.29, 0.717) is 46.3 Å². The van der Waals surface area contributed by atoms with Crippen molar-refractivity contribution in [2.45, 2.75) is 48.0 Å². The number of Topliss-reactive ketones (excluding diaryl/α,β-unsaturated/α-hetero) is 2. The standard InChI is InChI=1S/C34H36FNO4.CH4/c1-5-29(37)32-28-18-24(10-13-31(28)40-33(32)23-8-11-26(35)12-9-23)27-19-25(7-6-22(27)2)30(38)20-34(3,4)21-36-14-16-39-17-15-36;/h6-13,18-19H,5,14-17,20-21H2,1-4H3;1H4. The zero-order valence-corrected chi connectivity index (χ0v) is 23.7. The summed E-state index contributed by atoms with van der Waals surface area (Å²) in [5.74, 6) is 0.171. The predicted molar refractivity (Wildman–Crippen MR) is 163 cm³/mol. The van der Waals surface area contributed by atoms with Crippen LogP contribution in [-0.4, -0.2) is 49.3 Å². The zero-order valence-electron chi connectivity index (χ0n) is 23.7. The van der Waals surface area contributed by atoms with Crippen LogP contribution in [0.15, 0.2) is 65.1 Å². The number of nitrogens with zero attached hydrogens (tertiary/aromatic N) is 1. The summed E-state index contributed by atoms with van der Waals surface area (Å²) >= 11 is 0. The van der Waals surface area contributed by atoms with Crippen LogP contribution in [0.25, 0.3) is 33.4 Å². The Bertz CT molecular complexity index is 1540. The van der Waals surface area contributed by atoms with Gasteiger partial charge in [0, 0.05) is 49.0 Å². The third-order valence-electron chi connectivity index (χ3n) is 7.66. The quantitative estimate of drug-likeness (QED) is 0.194. The Morgan fingerprint density at radius 3 is 2.29 bits per heavy atom. The molecule has 0 aliphatic carbocycles. The highest BCUT2D eigenvalue weighted by Crippen LogP contribution is 2.38. The largest absolute Gasteiger partial charge is 0.455 e. The van der Waals surface area contributed by atoms with Gasteiger partial charge in [-0.25, -0.2) is 4.39 Å². The van der Waals surface area contributed by atoms with Gasteiger partial charge in [0.15, 0.2) is 11.6 Å². The molecule has 0 radical (unpaired) electrons. The van der Waals surface area contributed by atoms with Crippen molar-refractivity contribution >= 4 is 22.5 Å². The van der Waals surface area contributed by atoms with E-state index < -0.39 is 0 Å². The molecule has 0 spiro atoms. The molecule has 6 heteroatoms. The molecular formula is C35H40FNO4. The molecule has 3 aromatic carbocycles. The van der Waals surface area contributed by atoms with Crippen molar-refractivity contribution in [2.75, 3.05) is 32.8 Å². The van der Waals surface area contributed by atoms with Crippen molar-refractivity contribution in [1.29, 1.82) is 0 Å². The first kappa shape index (κ1) is 30.4. The topological polar surface area (TPSA) is 59.8 Å². The van der Waals surface area contributed by atoms with Crippen molar-refractivity contribution in [3.05, 3.63) is 83.2 Å². The number of hydrogen-bond donors (Lipinski definition) is 0. The van der Waals surface area contributed by atoms with Crippen molar-refractivity contribution in [2.24, 2.45) is 5.41 Å². The molecule has 0 atom stereocenters. The average Bonchev–Trinajstić information content (AvgIpc) is 3.32. The fraction of sp³-hybridized carbons (Fsp3) is 0.371. The van der Waals surface area contributed by atoms with Gasteiger partial charge in [-0.15, -0.1) is 0 Å². The van der Waals surface area contributed by atoms with E-state index in [0.717, 1.165) is 49.5 Å². The minimum absolute atomic E-state index is 0. The fourth-order valence-corrected chi connectivity index (χ4v) is 5.59. The van der Waals surface area contributed by atoms with Crippen molar-refractivity contribution in [3.63, 3.8) is 0 Å². The first-order valence-electron chi connectivity index (χ1n) is 14.0. The lowest BCUT2D eigenvalue weighted by atomic mass is 9.84. The number of fused-ring (bicyclic) bond motifs is 1. The Labute approximate surface area is 242 Å². The van der Waals surface area contributed by atoms with Crippen molar-refractivity contribution in [3.8, 4) is 22.5 Å². The monoisotopic (exact) mass is 557 g/mol. The highest BCUT2D eigenvalue weighted by molar-refractivity contribution is 6.12. The second kappa shape index (κ2) is 12.5. The number of furan rings is 1. The number of morpholine rings is 1. The normalized spacial score (nSPS) is 14.2. The third kappa shape index (κ3) is 6.66. The van der Waals surface area contributed by atoms with Crippen LogP contribution >= 0.6 is 0 Å². The smallest absolute Gasteiger partial charge is 0.167 e. The van der Waals surface area contributed by atoms with E-state index in [-0.39, 0.29) is 30.2 Å². The maximum absolute atomic E-state index is 13.6. The molecule has 4 aromatic rings. The van der Waals surface area contributed by atoms with Gasteiger partial charge in [-0.05, 0) is 71.5 Å². The summed E-state index contributed by atoms with van der Waals surface area (Å²) in [4.78, 5) is 28.9. The zero-order chi connectivity index (χ0) is 28.4. The Morgan fingerprint density at radius 1 is 0.927 bits per heavy atom. The SMILES string of the molecule is C.CCC(=O)c1c(-c2ccc(F)cc2)oc2ccc(-c3cc(C(=O)CC(C)(C)CN4CCOCC4)ccc3C)cc12. The van der Waals surface area contributed by atoms with Crippen LogP contribution in [0.1, 0.15) is 67.3 Å². The molecule has 0 unspecified atom stereocenters. The lowest BCUT2D eigenvalue weighted by Gasteiger charge is -2.34. The molecule has 2 heterocycles. The summed E-state index contributed by atoms with van der Waals surface area (Å²) in [5.41, 5.74) is 5.15. The molecule has 1 aliphatic heterocycles. The van der Waals surface area contributed by atoms with Gasteiger partial charge >= 0.3 is 0 Å². The minimum Gasteiger partial charge on any atom is -0.455 e. The number of hydrogen-bond acceptors (Lipinski definition) is 5. The second-order valence-electron chi connectivity index (χ2n) is 11.5. The van der Waals surface area contributed by atoms with E-state index in [1.54, 1.807) is 12.1 Å². The summed E-state index contributed by atoms with van der Waals surface area (Å²) in [7, 11) is 0. The predicted octanol–water partition coefficient (Wildman–Crippen LogP) is 8.37. The van der Waals surface area contributed by atoms with Gasteiger partial charge in [-0.1, -0.05) is 46.4 Å². The molecule has 216 valence electrons. The summed E-state index contributed by atoms with van der Waals surface area (Å²) in [5, 5.41) is 0.714. The molecule has 0 bridgehead atoms. The van der Waals surface area contributed by atoms with Crippen LogP contribution in [0.3, 0.4) is 0 Å². The van der Waals surface area contributed by atoms with Gasteiger partial charge in [-0.3, -0.25) is 14.5 Å². The van der Waals surface area contributed by atoms with Gasteiger partial charge in [0.05, 0.1) is 18.8 Å². The molecule has 5 nitrogen and oxygen atoms in total. The Kier molecular flexibility index (Phi) is 9.25. The van der Waals surface area contributed by atoms with E-state index in [1.807, 2.05) is 50.2 Å². The highest BCUT2D eigenvalue weighted by atomic mass is 19.1. The molecular weight excluding hydrogens is 517 g/mol. The number of ketones is 2. The fourth-order valence-electron chi connectivity index (χ4n) is 5.59. The summed E-state index contributed by atoms with van der Waals surface area (Å²) in [6, 6.07) is 17.6. The number of aryl methyl sites for hydroxylation is 1. The number of carbonyl (C=O) groups excluding carboxylic acids is 2. The summed E-state index contributed by atoms with van der Waals surface area (Å²) in [6.07, 6.45) is 0.764. The molecule has 1 fully saturated rings. The van der Waals surface area contributed by atoms with Gasteiger partial charge in [-0.2, -0.15) is 0 Å². The van der Waals surface area contributed by atoms with Crippen LogP contribution in [-0.2, 0) is 4.74 Å². The number of carbonyl (C=O) groups is 2. The minimum atomic E-state index is -0.347. The molecule has 0 N–H and O–H groups in total. The van der Waals surface area contributed by atoms with Crippen LogP contribution in [0.2, 0.25) is 0 Å². The van der Waals surface area contributed by atoms with Crippen LogP contribution in [0, 0.1) is 18.2 Å². The molecule has 0 saturated carbocycles. The number of rotatable bonds is 9. The summed E-state index contributed by atoms with van der Waals surface area (Å²) in [6.45, 7) is 12.3. The van der Waals surface area contributed by atoms with Gasteiger partial charge < -0.3 is 9.15 Å². The van der Waals surface area contributed by atoms with Gasteiger partial charge in [0.1, 0.15) is 17.2 Å². The highest BCUT2D eigenvalue weighted by Gasteiger charge is 2.27. The number of benzene rings is 3. The number of halogens is 1. The van der Waals surface area contributed by atoms with Gasteiger partial charge in [0.2, 0.25) is 0 Å². The van der Waals surface area contributed by atoms with Crippen molar-refractivity contribution < 1.29 is 23.1 Å². The van der Waals surface area contributed by atoms with E-state index in [2.05, 4.69) is 18.7 Å². The number of ether oxygens (including phenoxy) is 1. The average molecular weight is 558 g/mol. The van der Waals surface area contributed by atoms with Crippen LogP contribution in [0.4, 0.5) is 4.39 Å². The maximum Gasteiger partial charge on any atom is 0.167 e. The summed E-state index contributed by atoms with van der Waals surface area (Å²) < 4.78 is 25.2. The van der Waals surface area contributed by atoms with Crippen LogP contribution < -0.4 is 0 Å². The first-order chi connectivity index (χ1) is 19.1. The Balaban J connectivity index is 0.00000387. The third-order valence-corrected chi connectivity index (χ3v) is 7.66. The molecule has 1 saturated heterocycles. The maximum atomic E-state index is 13.6.